The molecule has 0 aliphatic carbocycles. The quantitative estimate of drug-likeness (QED) is 0.384. The van der Waals surface area contributed by atoms with Gasteiger partial charge in [0.25, 0.3) is 0 Å². The number of aromatic nitrogens is 3. The normalized spacial score (nSPS) is 13.3. The smallest absolute Gasteiger partial charge is 0.357 e. The van der Waals surface area contributed by atoms with Gasteiger partial charge in [0.2, 0.25) is 0 Å². The Labute approximate surface area is 207 Å². The summed E-state index contributed by atoms with van der Waals surface area (Å²) in [6.07, 6.45) is 2.11. The summed E-state index contributed by atoms with van der Waals surface area (Å²) in [7, 11) is 0. The van der Waals surface area contributed by atoms with Crippen LogP contribution in [0.2, 0.25) is 0 Å². The van der Waals surface area contributed by atoms with Gasteiger partial charge in [0.1, 0.15) is 23.3 Å². The lowest BCUT2D eigenvalue weighted by Crippen LogP contribution is -2.33. The van der Waals surface area contributed by atoms with Gasteiger partial charge in [-0.2, -0.15) is 0 Å². The van der Waals surface area contributed by atoms with E-state index in [0.717, 1.165) is 39.5 Å². The fraction of sp³-hybridized carbons (Fsp3) is 0.107. The maximum absolute atomic E-state index is 12.6. The topological polar surface area (TPSA) is 95.5 Å². The molecular formula is C28H23N5O3. The molecule has 0 fully saturated rings. The van der Waals surface area contributed by atoms with Gasteiger partial charge in [-0.25, -0.2) is 14.8 Å². The molecule has 3 aromatic carbocycles. The summed E-state index contributed by atoms with van der Waals surface area (Å²) < 4.78 is 8.05. The number of fused-ring (bicyclic) bond motifs is 3. The number of nitrogen functional groups attached to an aromatic ring is 1. The molecule has 5 aromatic rings. The lowest BCUT2D eigenvalue weighted by Gasteiger charge is -2.26. The van der Waals surface area contributed by atoms with Crippen LogP contribution in [0.5, 0.6) is 11.5 Å². The summed E-state index contributed by atoms with van der Waals surface area (Å²) in [4.78, 5) is 27.1. The van der Waals surface area contributed by atoms with Gasteiger partial charge in [-0.15, -0.1) is 5.06 Å². The molecule has 0 radical (unpaired) electrons. The van der Waals surface area contributed by atoms with E-state index in [2.05, 4.69) is 14.5 Å². The van der Waals surface area contributed by atoms with E-state index in [1.54, 1.807) is 17.2 Å². The van der Waals surface area contributed by atoms with Gasteiger partial charge >= 0.3 is 5.97 Å². The van der Waals surface area contributed by atoms with Crippen LogP contribution < -0.4 is 10.5 Å². The zero-order valence-corrected chi connectivity index (χ0v) is 19.4. The molecule has 6 rings (SSSR count). The molecule has 0 unspecified atom stereocenters. The van der Waals surface area contributed by atoms with Crippen LogP contribution in [0.15, 0.2) is 91.3 Å². The second-order valence-corrected chi connectivity index (χ2v) is 8.48. The number of hydroxylamine groups is 2. The predicted molar refractivity (Wildman–Crippen MR) is 136 cm³/mol. The van der Waals surface area contributed by atoms with Crippen LogP contribution in [0.4, 0.5) is 5.82 Å². The van der Waals surface area contributed by atoms with Crippen LogP contribution in [0.3, 0.4) is 0 Å². The average Bonchev–Trinajstić information content (AvgIpc) is 3.25. The third-order valence-electron chi connectivity index (χ3n) is 6.21. The molecule has 178 valence electrons. The molecule has 8 nitrogen and oxygen atoms in total. The maximum Gasteiger partial charge on any atom is 0.357 e. The first-order valence-corrected chi connectivity index (χ1v) is 11.7. The van der Waals surface area contributed by atoms with Crippen molar-refractivity contribution in [1.82, 2.24) is 19.6 Å². The second kappa shape index (κ2) is 9.16. The molecule has 0 saturated carbocycles. The molecule has 1 aliphatic rings. The van der Waals surface area contributed by atoms with Crippen molar-refractivity contribution in [2.45, 2.75) is 13.0 Å². The van der Waals surface area contributed by atoms with Gasteiger partial charge in [0.15, 0.2) is 5.82 Å². The number of nitrogens with two attached hydrogens (primary N) is 1. The van der Waals surface area contributed by atoms with Gasteiger partial charge in [-0.3, -0.25) is 0 Å². The number of benzene rings is 3. The molecule has 3 heterocycles. The third kappa shape index (κ3) is 4.03. The van der Waals surface area contributed by atoms with Crippen molar-refractivity contribution in [3.8, 4) is 17.2 Å². The lowest BCUT2D eigenvalue weighted by atomic mass is 10.1. The zero-order valence-electron chi connectivity index (χ0n) is 19.4. The number of carbonyl (C=O) groups excluding carboxylic acids is 1. The minimum absolute atomic E-state index is 0.383. The molecule has 2 N–H and O–H groups in total. The van der Waals surface area contributed by atoms with Crippen molar-refractivity contribution in [1.29, 1.82) is 0 Å². The number of hydrogen-bond donors (Lipinski definition) is 1. The zero-order chi connectivity index (χ0) is 24.5. The number of carbonyl (C=O) groups is 1. The standard InChI is InChI=1S/C28H23N5O3/c29-27-26-25(30-18-31-27)23-17-32(36-28(34)19-7-3-1-4-8-19)16-15-24(23)33(26)20-11-13-22(14-12-20)35-21-9-5-2-6-10-21/h1-14,18H,15-17H2,(H2,29,30,31). The molecule has 0 amide bonds. The van der Waals surface area contributed by atoms with Crippen LogP contribution in [0, 0.1) is 0 Å². The highest BCUT2D eigenvalue weighted by atomic mass is 16.7. The summed E-state index contributed by atoms with van der Waals surface area (Å²) >= 11 is 0. The molecule has 0 bridgehead atoms. The summed E-state index contributed by atoms with van der Waals surface area (Å²) in [6.45, 7) is 0.952. The van der Waals surface area contributed by atoms with E-state index in [0.29, 0.717) is 30.9 Å². The summed E-state index contributed by atoms with van der Waals surface area (Å²) in [6, 6.07) is 26.5. The van der Waals surface area contributed by atoms with E-state index in [9.17, 15) is 4.79 Å². The minimum Gasteiger partial charge on any atom is -0.457 e. The van der Waals surface area contributed by atoms with E-state index < -0.39 is 0 Å². The Morgan fingerprint density at radius 2 is 1.56 bits per heavy atom. The third-order valence-corrected chi connectivity index (χ3v) is 6.21. The van der Waals surface area contributed by atoms with Crippen LogP contribution in [-0.4, -0.2) is 32.1 Å². The van der Waals surface area contributed by atoms with E-state index in [1.165, 1.54) is 6.33 Å². The fourth-order valence-corrected chi connectivity index (χ4v) is 4.55. The van der Waals surface area contributed by atoms with Gasteiger partial charge < -0.3 is 19.9 Å². The van der Waals surface area contributed by atoms with E-state index in [-0.39, 0.29) is 5.97 Å². The molecule has 2 aromatic heterocycles. The first-order valence-electron chi connectivity index (χ1n) is 11.7. The second-order valence-electron chi connectivity index (χ2n) is 8.48. The predicted octanol–water partition coefficient (Wildman–Crippen LogP) is 4.93. The first-order chi connectivity index (χ1) is 17.7. The van der Waals surface area contributed by atoms with Crippen molar-refractivity contribution in [3.05, 3.63) is 108 Å². The number of ether oxygens (including phenoxy) is 1. The van der Waals surface area contributed by atoms with Crippen LogP contribution >= 0.6 is 0 Å². The van der Waals surface area contributed by atoms with Crippen LogP contribution in [0.25, 0.3) is 16.7 Å². The Morgan fingerprint density at radius 3 is 2.31 bits per heavy atom. The molecule has 0 spiro atoms. The highest BCUT2D eigenvalue weighted by Crippen LogP contribution is 2.35. The Hall–Kier alpha value is -4.69. The number of hydrogen-bond acceptors (Lipinski definition) is 7. The SMILES string of the molecule is Nc1ncnc2c3c(n(-c4ccc(Oc5ccccc5)cc4)c12)CCN(OC(=O)c1ccccc1)C3. The largest absolute Gasteiger partial charge is 0.457 e. The van der Waals surface area contributed by atoms with Crippen molar-refractivity contribution in [2.75, 3.05) is 12.3 Å². The number of para-hydroxylation sites is 1. The van der Waals surface area contributed by atoms with Crippen molar-refractivity contribution >= 4 is 22.8 Å². The maximum atomic E-state index is 12.6. The van der Waals surface area contributed by atoms with Crippen molar-refractivity contribution in [2.24, 2.45) is 0 Å². The fourth-order valence-electron chi connectivity index (χ4n) is 4.55. The Balaban J connectivity index is 1.32. The highest BCUT2D eigenvalue weighted by Gasteiger charge is 2.29. The number of anilines is 1. The molecule has 0 saturated heterocycles. The molecule has 0 atom stereocenters. The minimum atomic E-state index is -0.383. The Bertz CT molecular complexity index is 1530. The van der Waals surface area contributed by atoms with Crippen LogP contribution in [-0.2, 0) is 17.8 Å². The van der Waals surface area contributed by atoms with Crippen molar-refractivity contribution in [3.63, 3.8) is 0 Å². The molecule has 8 heteroatoms. The Kier molecular flexibility index (Phi) is 5.55. The molecular weight excluding hydrogens is 454 g/mol. The van der Waals surface area contributed by atoms with E-state index in [1.807, 2.05) is 72.8 Å². The van der Waals surface area contributed by atoms with E-state index >= 15 is 0 Å². The van der Waals surface area contributed by atoms with Crippen molar-refractivity contribution < 1.29 is 14.4 Å². The summed E-state index contributed by atoms with van der Waals surface area (Å²) in [5, 5.41) is 1.68. The van der Waals surface area contributed by atoms with Crippen LogP contribution in [0.1, 0.15) is 21.6 Å². The molecule has 1 aliphatic heterocycles. The average molecular weight is 478 g/mol. The Morgan fingerprint density at radius 1 is 0.861 bits per heavy atom. The van der Waals surface area contributed by atoms with Gasteiger partial charge in [-0.05, 0) is 48.5 Å². The van der Waals surface area contributed by atoms with Gasteiger partial charge in [0.05, 0.1) is 17.6 Å². The summed E-state index contributed by atoms with van der Waals surface area (Å²) in [5.41, 5.74) is 11.3. The van der Waals surface area contributed by atoms with Gasteiger partial charge in [0, 0.05) is 29.9 Å². The molecule has 36 heavy (non-hydrogen) atoms. The first kappa shape index (κ1) is 21.8. The van der Waals surface area contributed by atoms with Gasteiger partial charge in [-0.1, -0.05) is 36.4 Å². The lowest BCUT2D eigenvalue weighted by molar-refractivity contribution is -0.119. The summed E-state index contributed by atoms with van der Waals surface area (Å²) in [5.74, 6) is 1.52. The highest BCUT2D eigenvalue weighted by molar-refractivity contribution is 5.91. The number of nitrogens with zero attached hydrogens (tertiary/aromatic N) is 4. The van der Waals surface area contributed by atoms with E-state index in [4.69, 9.17) is 15.3 Å². The monoisotopic (exact) mass is 477 g/mol. The number of rotatable bonds is 5.